The van der Waals surface area contributed by atoms with E-state index in [4.69, 9.17) is 5.73 Å². The number of nitrogens with one attached hydrogen (secondary N) is 1. The van der Waals surface area contributed by atoms with Crippen LogP contribution in [0.1, 0.15) is 9.67 Å². The fourth-order valence-electron chi connectivity index (χ4n) is 2.49. The molecule has 0 amide bonds. The lowest BCUT2D eigenvalue weighted by Crippen LogP contribution is -1.96. The van der Waals surface area contributed by atoms with Gasteiger partial charge in [-0.15, -0.1) is 11.3 Å². The van der Waals surface area contributed by atoms with Gasteiger partial charge in [0.05, 0.1) is 10.6 Å². The lowest BCUT2D eigenvalue weighted by Gasteiger charge is -2.02. The Kier molecular flexibility index (Phi) is 2.52. The molecule has 3 aromatic heterocycles. The topological polar surface area (TPSA) is 84.7 Å². The Hall–Kier alpha value is -2.73. The summed E-state index contributed by atoms with van der Waals surface area (Å²) in [5.74, 6) is 0.210. The van der Waals surface area contributed by atoms with Gasteiger partial charge >= 0.3 is 0 Å². The number of nitrogens with two attached hydrogens (primary N) is 1. The predicted octanol–water partition coefficient (Wildman–Crippen LogP) is 3.23. The van der Waals surface area contributed by atoms with E-state index in [1.54, 1.807) is 0 Å². The molecule has 0 saturated heterocycles. The molecule has 21 heavy (non-hydrogen) atoms. The molecule has 0 aliphatic rings. The van der Waals surface area contributed by atoms with E-state index in [9.17, 15) is 4.79 Å². The molecule has 0 aliphatic heterocycles. The molecule has 0 fully saturated rings. The second-order valence-electron chi connectivity index (χ2n) is 4.66. The van der Waals surface area contributed by atoms with E-state index in [1.807, 2.05) is 36.5 Å². The number of thiophene rings is 1. The standard InChI is InChI=1S/C15H10N4OS/c16-15-18-13(10-5-8(7-20)21-14(10)19-15)11-6-17-12-4-2-1-3-9(11)12/h1-7,17H,(H2,16,18,19). The highest BCUT2D eigenvalue weighted by atomic mass is 32.1. The number of para-hydroxylation sites is 1. The van der Waals surface area contributed by atoms with Gasteiger partial charge in [0.2, 0.25) is 5.95 Å². The predicted molar refractivity (Wildman–Crippen MR) is 84.5 cm³/mol. The van der Waals surface area contributed by atoms with Crippen LogP contribution in [0.3, 0.4) is 0 Å². The number of aromatic amines is 1. The average molecular weight is 294 g/mol. The number of anilines is 1. The molecule has 4 rings (SSSR count). The number of aromatic nitrogens is 3. The zero-order chi connectivity index (χ0) is 14.4. The summed E-state index contributed by atoms with van der Waals surface area (Å²) in [7, 11) is 0. The highest BCUT2D eigenvalue weighted by Gasteiger charge is 2.15. The van der Waals surface area contributed by atoms with Gasteiger partial charge in [0.15, 0.2) is 6.29 Å². The molecule has 6 heteroatoms. The first-order valence-corrected chi connectivity index (χ1v) is 7.16. The molecule has 102 valence electrons. The Bertz CT molecular complexity index is 986. The highest BCUT2D eigenvalue weighted by Crippen LogP contribution is 2.35. The highest BCUT2D eigenvalue weighted by molar-refractivity contribution is 7.20. The first-order chi connectivity index (χ1) is 10.3. The molecule has 0 saturated carbocycles. The quantitative estimate of drug-likeness (QED) is 0.556. The molecule has 3 heterocycles. The maximum absolute atomic E-state index is 11.0. The van der Waals surface area contributed by atoms with E-state index in [1.165, 1.54) is 11.3 Å². The number of fused-ring (bicyclic) bond motifs is 2. The number of hydrogen-bond acceptors (Lipinski definition) is 5. The molecular formula is C15H10N4OS. The summed E-state index contributed by atoms with van der Waals surface area (Å²) >= 11 is 1.32. The summed E-state index contributed by atoms with van der Waals surface area (Å²) < 4.78 is 0. The van der Waals surface area contributed by atoms with Crippen molar-refractivity contribution in [3.63, 3.8) is 0 Å². The van der Waals surface area contributed by atoms with Crippen LogP contribution in [0.5, 0.6) is 0 Å². The number of hydrogen-bond donors (Lipinski definition) is 2. The van der Waals surface area contributed by atoms with Crippen molar-refractivity contribution >= 4 is 44.7 Å². The molecule has 0 atom stereocenters. The summed E-state index contributed by atoms with van der Waals surface area (Å²) in [6.07, 6.45) is 2.73. The zero-order valence-electron chi connectivity index (χ0n) is 10.8. The van der Waals surface area contributed by atoms with E-state index >= 15 is 0 Å². The van der Waals surface area contributed by atoms with Crippen LogP contribution in [-0.4, -0.2) is 21.2 Å². The summed E-state index contributed by atoms with van der Waals surface area (Å²) in [5, 5.41) is 1.91. The van der Waals surface area contributed by atoms with E-state index in [0.29, 0.717) is 4.88 Å². The second kappa shape index (κ2) is 4.39. The van der Waals surface area contributed by atoms with Gasteiger partial charge in [-0.3, -0.25) is 4.79 Å². The molecule has 5 nitrogen and oxygen atoms in total. The third kappa shape index (κ3) is 1.80. The molecule has 1 aromatic carbocycles. The maximum atomic E-state index is 11.0. The smallest absolute Gasteiger partial charge is 0.221 e. The van der Waals surface area contributed by atoms with E-state index in [0.717, 1.165) is 38.7 Å². The van der Waals surface area contributed by atoms with Crippen LogP contribution in [0.25, 0.3) is 32.4 Å². The largest absolute Gasteiger partial charge is 0.368 e. The van der Waals surface area contributed by atoms with Crippen molar-refractivity contribution in [1.82, 2.24) is 15.0 Å². The van der Waals surface area contributed by atoms with Crippen molar-refractivity contribution in [2.24, 2.45) is 0 Å². The molecule has 3 N–H and O–H groups in total. The van der Waals surface area contributed by atoms with Crippen LogP contribution in [0.2, 0.25) is 0 Å². The third-order valence-corrected chi connectivity index (χ3v) is 4.34. The fourth-order valence-corrected chi connectivity index (χ4v) is 3.34. The van der Waals surface area contributed by atoms with Crippen molar-refractivity contribution < 1.29 is 4.79 Å². The van der Waals surface area contributed by atoms with Gasteiger partial charge in [-0.05, 0) is 12.1 Å². The zero-order valence-corrected chi connectivity index (χ0v) is 11.6. The van der Waals surface area contributed by atoms with Crippen LogP contribution < -0.4 is 5.73 Å². The van der Waals surface area contributed by atoms with E-state index in [2.05, 4.69) is 15.0 Å². The SMILES string of the molecule is Nc1nc(-c2c[nH]c3ccccc23)c2cc(C=O)sc2n1. The minimum atomic E-state index is 0.210. The lowest BCUT2D eigenvalue weighted by atomic mass is 10.1. The molecule has 0 bridgehead atoms. The van der Waals surface area contributed by atoms with E-state index < -0.39 is 0 Å². The Morgan fingerprint density at radius 3 is 2.90 bits per heavy atom. The summed E-state index contributed by atoms with van der Waals surface area (Å²) in [5.41, 5.74) is 8.55. The number of benzene rings is 1. The average Bonchev–Trinajstić information content (AvgIpc) is 3.09. The lowest BCUT2D eigenvalue weighted by molar-refractivity contribution is 0.112. The Morgan fingerprint density at radius 1 is 1.19 bits per heavy atom. The molecule has 0 aliphatic carbocycles. The van der Waals surface area contributed by atoms with Gasteiger partial charge < -0.3 is 10.7 Å². The van der Waals surface area contributed by atoms with Crippen molar-refractivity contribution in [2.45, 2.75) is 0 Å². The first-order valence-electron chi connectivity index (χ1n) is 6.35. The minimum absolute atomic E-state index is 0.210. The van der Waals surface area contributed by atoms with Crippen molar-refractivity contribution in [3.8, 4) is 11.3 Å². The van der Waals surface area contributed by atoms with Crippen LogP contribution in [0.4, 0.5) is 5.95 Å². The van der Waals surface area contributed by atoms with Crippen molar-refractivity contribution in [2.75, 3.05) is 5.73 Å². The molecule has 4 aromatic rings. The van der Waals surface area contributed by atoms with Crippen molar-refractivity contribution in [3.05, 3.63) is 41.4 Å². The number of rotatable bonds is 2. The fraction of sp³-hybridized carbons (Fsp3) is 0. The molecule has 0 radical (unpaired) electrons. The summed E-state index contributed by atoms with van der Waals surface area (Å²) in [6.45, 7) is 0. The van der Waals surface area contributed by atoms with Crippen LogP contribution in [0.15, 0.2) is 36.5 Å². The number of H-pyrrole nitrogens is 1. The van der Waals surface area contributed by atoms with Crippen LogP contribution >= 0.6 is 11.3 Å². The molecular weight excluding hydrogens is 284 g/mol. The van der Waals surface area contributed by atoms with Gasteiger partial charge in [0, 0.05) is 28.0 Å². The molecule has 0 unspecified atom stereocenters. The van der Waals surface area contributed by atoms with Gasteiger partial charge in [0.1, 0.15) is 4.83 Å². The van der Waals surface area contributed by atoms with Crippen molar-refractivity contribution in [1.29, 1.82) is 0 Å². The monoisotopic (exact) mass is 294 g/mol. The minimum Gasteiger partial charge on any atom is -0.368 e. The molecule has 0 spiro atoms. The number of carbonyl (C=O) groups excluding carboxylic acids is 1. The number of nitrogen functional groups attached to an aromatic ring is 1. The number of carbonyl (C=O) groups is 1. The van der Waals surface area contributed by atoms with Gasteiger partial charge in [-0.25, -0.2) is 9.97 Å². The maximum Gasteiger partial charge on any atom is 0.221 e. The summed E-state index contributed by atoms with van der Waals surface area (Å²) in [4.78, 5) is 24.2. The first kappa shape index (κ1) is 12.0. The van der Waals surface area contributed by atoms with Gasteiger partial charge in [-0.1, -0.05) is 18.2 Å². The van der Waals surface area contributed by atoms with Gasteiger partial charge in [0.25, 0.3) is 0 Å². The van der Waals surface area contributed by atoms with E-state index in [-0.39, 0.29) is 5.95 Å². The third-order valence-electron chi connectivity index (χ3n) is 3.39. The number of aldehydes is 1. The Morgan fingerprint density at radius 2 is 2.05 bits per heavy atom. The van der Waals surface area contributed by atoms with Crippen LogP contribution in [-0.2, 0) is 0 Å². The Balaban J connectivity index is 2.09. The second-order valence-corrected chi connectivity index (χ2v) is 5.73. The number of nitrogens with zero attached hydrogens (tertiary/aromatic N) is 2. The van der Waals surface area contributed by atoms with Crippen LogP contribution in [0, 0.1) is 0 Å². The Labute approximate surface area is 123 Å². The summed E-state index contributed by atoms with van der Waals surface area (Å²) in [6, 6.07) is 9.79. The van der Waals surface area contributed by atoms with Gasteiger partial charge in [-0.2, -0.15) is 0 Å². The normalized spacial score (nSPS) is 11.2.